The number of nitrogens with one attached hydrogen (secondary N) is 2. The first-order valence-electron chi connectivity index (χ1n) is 8.13. The van der Waals surface area contributed by atoms with Crippen LogP contribution in [0.4, 0.5) is 4.39 Å². The van der Waals surface area contributed by atoms with Gasteiger partial charge in [-0.2, -0.15) is 0 Å². The summed E-state index contributed by atoms with van der Waals surface area (Å²) in [5.41, 5.74) is 2.56. The van der Waals surface area contributed by atoms with Gasteiger partial charge in [0.2, 0.25) is 5.91 Å². The molecule has 0 saturated heterocycles. The van der Waals surface area contributed by atoms with E-state index in [4.69, 9.17) is 4.74 Å². The van der Waals surface area contributed by atoms with E-state index in [1.54, 1.807) is 12.1 Å². The zero-order chi connectivity index (χ0) is 17.8. The zero-order valence-electron chi connectivity index (χ0n) is 14.2. The van der Waals surface area contributed by atoms with Crippen LogP contribution in [-0.4, -0.2) is 23.0 Å². The number of halogens is 1. The standard InChI is InChI=1S/C19H20FN3O2/c1-12(19-22-15-5-3-4-6-16(15)23-19)21-18(24)10-8-13-7-9-17(25-2)14(20)11-13/h3-7,9,11-12H,8,10H2,1-2H3,(H,21,24)(H,22,23). The van der Waals surface area contributed by atoms with Crippen LogP contribution in [0.25, 0.3) is 11.0 Å². The fourth-order valence-electron chi connectivity index (χ4n) is 2.68. The number of carbonyl (C=O) groups is 1. The number of fused-ring (bicyclic) bond motifs is 1. The van der Waals surface area contributed by atoms with Crippen LogP contribution in [0.3, 0.4) is 0 Å². The third kappa shape index (κ3) is 3.96. The molecule has 2 N–H and O–H groups in total. The Hall–Kier alpha value is -2.89. The number of methoxy groups -OCH3 is 1. The van der Waals surface area contributed by atoms with Crippen LogP contribution < -0.4 is 10.1 Å². The van der Waals surface area contributed by atoms with Gasteiger partial charge in [-0.05, 0) is 43.2 Å². The molecule has 3 rings (SSSR count). The number of aryl methyl sites for hydroxylation is 1. The van der Waals surface area contributed by atoms with Gasteiger partial charge in [0.05, 0.1) is 24.2 Å². The number of aromatic nitrogens is 2. The Morgan fingerprint density at radius 1 is 1.32 bits per heavy atom. The van der Waals surface area contributed by atoms with E-state index in [1.807, 2.05) is 31.2 Å². The first kappa shape index (κ1) is 17.0. The van der Waals surface area contributed by atoms with Crippen LogP contribution in [0, 0.1) is 5.82 Å². The number of benzene rings is 2. The van der Waals surface area contributed by atoms with Crippen LogP contribution in [-0.2, 0) is 11.2 Å². The fourth-order valence-corrected chi connectivity index (χ4v) is 2.68. The fraction of sp³-hybridized carbons (Fsp3) is 0.263. The monoisotopic (exact) mass is 341 g/mol. The maximum Gasteiger partial charge on any atom is 0.220 e. The molecule has 1 atom stereocenters. The first-order chi connectivity index (χ1) is 12.1. The van der Waals surface area contributed by atoms with Crippen LogP contribution >= 0.6 is 0 Å². The van der Waals surface area contributed by atoms with E-state index in [-0.39, 0.29) is 24.1 Å². The molecule has 25 heavy (non-hydrogen) atoms. The van der Waals surface area contributed by atoms with E-state index in [0.29, 0.717) is 12.2 Å². The van der Waals surface area contributed by atoms with Crippen molar-refractivity contribution >= 4 is 16.9 Å². The van der Waals surface area contributed by atoms with Crippen molar-refractivity contribution in [3.63, 3.8) is 0 Å². The number of imidazole rings is 1. The summed E-state index contributed by atoms with van der Waals surface area (Å²) < 4.78 is 18.6. The van der Waals surface area contributed by atoms with Crippen molar-refractivity contribution in [3.05, 3.63) is 59.7 Å². The molecule has 1 amide bonds. The lowest BCUT2D eigenvalue weighted by molar-refractivity contribution is -0.121. The van der Waals surface area contributed by atoms with Gasteiger partial charge in [-0.15, -0.1) is 0 Å². The average molecular weight is 341 g/mol. The summed E-state index contributed by atoms with van der Waals surface area (Å²) in [5.74, 6) is 0.386. The SMILES string of the molecule is COc1ccc(CCC(=O)NC(C)c2nc3ccccc3[nH]2)cc1F. The molecule has 5 nitrogen and oxygen atoms in total. The summed E-state index contributed by atoms with van der Waals surface area (Å²) in [6.45, 7) is 1.88. The highest BCUT2D eigenvalue weighted by atomic mass is 19.1. The molecule has 1 unspecified atom stereocenters. The van der Waals surface area contributed by atoms with Gasteiger partial charge in [-0.25, -0.2) is 9.37 Å². The first-order valence-corrected chi connectivity index (χ1v) is 8.13. The Labute approximate surface area is 145 Å². The minimum absolute atomic E-state index is 0.107. The largest absolute Gasteiger partial charge is 0.494 e. The Morgan fingerprint density at radius 3 is 2.84 bits per heavy atom. The molecule has 2 aromatic carbocycles. The summed E-state index contributed by atoms with van der Waals surface area (Å²) >= 11 is 0. The van der Waals surface area contributed by atoms with Crippen LogP contribution in [0.15, 0.2) is 42.5 Å². The number of para-hydroxylation sites is 2. The van der Waals surface area contributed by atoms with Crippen LogP contribution in [0.1, 0.15) is 30.8 Å². The molecule has 0 fully saturated rings. The number of carbonyl (C=O) groups excluding carboxylic acids is 1. The van der Waals surface area contributed by atoms with Gasteiger partial charge < -0.3 is 15.0 Å². The molecule has 0 saturated carbocycles. The predicted octanol–water partition coefficient (Wildman–Crippen LogP) is 3.52. The quantitative estimate of drug-likeness (QED) is 0.721. The lowest BCUT2D eigenvalue weighted by Gasteiger charge is -2.11. The van der Waals surface area contributed by atoms with Crippen molar-refractivity contribution in [1.29, 1.82) is 0 Å². The molecule has 0 radical (unpaired) electrons. The molecule has 1 aromatic heterocycles. The highest BCUT2D eigenvalue weighted by molar-refractivity contribution is 5.77. The van der Waals surface area contributed by atoms with Crippen molar-refractivity contribution in [2.75, 3.05) is 7.11 Å². The summed E-state index contributed by atoms with van der Waals surface area (Å²) in [4.78, 5) is 19.8. The molecule has 1 heterocycles. The van der Waals surface area contributed by atoms with E-state index >= 15 is 0 Å². The lowest BCUT2D eigenvalue weighted by Crippen LogP contribution is -2.27. The Bertz CT molecular complexity index is 858. The van der Waals surface area contributed by atoms with Crippen LogP contribution in [0.5, 0.6) is 5.75 Å². The van der Waals surface area contributed by atoms with E-state index in [1.165, 1.54) is 13.2 Å². The molecule has 3 aromatic rings. The average Bonchev–Trinajstić information content (AvgIpc) is 3.04. The van der Waals surface area contributed by atoms with Crippen molar-refractivity contribution in [2.24, 2.45) is 0 Å². The van der Waals surface area contributed by atoms with Crippen LogP contribution in [0.2, 0.25) is 0 Å². The Balaban J connectivity index is 1.57. The second-order valence-electron chi connectivity index (χ2n) is 5.90. The van der Waals surface area contributed by atoms with E-state index in [0.717, 1.165) is 16.6 Å². The summed E-state index contributed by atoms with van der Waals surface area (Å²) in [6.07, 6.45) is 0.732. The third-order valence-electron chi connectivity index (χ3n) is 4.05. The lowest BCUT2D eigenvalue weighted by atomic mass is 10.1. The molecule has 130 valence electrons. The number of nitrogens with zero attached hydrogens (tertiary/aromatic N) is 1. The van der Waals surface area contributed by atoms with Gasteiger partial charge in [-0.3, -0.25) is 4.79 Å². The molecule has 0 spiro atoms. The topological polar surface area (TPSA) is 67.0 Å². The van der Waals surface area contributed by atoms with Gasteiger partial charge >= 0.3 is 0 Å². The van der Waals surface area contributed by atoms with E-state index in [2.05, 4.69) is 15.3 Å². The maximum atomic E-state index is 13.7. The van der Waals surface area contributed by atoms with Crippen molar-refractivity contribution in [3.8, 4) is 5.75 Å². The highest BCUT2D eigenvalue weighted by Gasteiger charge is 2.14. The molecular formula is C19H20FN3O2. The number of amides is 1. The molecule has 0 bridgehead atoms. The molecular weight excluding hydrogens is 321 g/mol. The minimum atomic E-state index is -0.420. The number of rotatable bonds is 6. The van der Waals surface area contributed by atoms with E-state index < -0.39 is 5.82 Å². The van der Waals surface area contributed by atoms with Gasteiger partial charge in [0.25, 0.3) is 0 Å². The maximum absolute atomic E-state index is 13.7. The molecule has 0 aliphatic rings. The summed E-state index contributed by atoms with van der Waals surface area (Å²) in [6, 6.07) is 12.2. The number of H-pyrrole nitrogens is 1. The Morgan fingerprint density at radius 2 is 2.12 bits per heavy atom. The van der Waals surface area contributed by atoms with Gasteiger partial charge in [0.1, 0.15) is 5.82 Å². The normalized spacial score (nSPS) is 12.1. The summed E-state index contributed by atoms with van der Waals surface area (Å²) in [7, 11) is 1.42. The second kappa shape index (κ2) is 7.34. The molecule has 6 heteroatoms. The van der Waals surface area contributed by atoms with E-state index in [9.17, 15) is 9.18 Å². The minimum Gasteiger partial charge on any atom is -0.494 e. The third-order valence-corrected chi connectivity index (χ3v) is 4.05. The number of hydrogen-bond acceptors (Lipinski definition) is 3. The summed E-state index contributed by atoms with van der Waals surface area (Å²) in [5, 5.41) is 2.91. The smallest absolute Gasteiger partial charge is 0.220 e. The molecule has 0 aliphatic carbocycles. The predicted molar refractivity (Wildman–Crippen MR) is 93.9 cm³/mol. The molecule has 0 aliphatic heterocycles. The Kier molecular flexibility index (Phi) is 4.97. The van der Waals surface area contributed by atoms with Gasteiger partial charge in [0.15, 0.2) is 11.6 Å². The van der Waals surface area contributed by atoms with Crippen molar-refractivity contribution < 1.29 is 13.9 Å². The van der Waals surface area contributed by atoms with Gasteiger partial charge in [-0.1, -0.05) is 18.2 Å². The van der Waals surface area contributed by atoms with Gasteiger partial charge in [0, 0.05) is 6.42 Å². The zero-order valence-corrected chi connectivity index (χ0v) is 14.2. The van der Waals surface area contributed by atoms with Crippen molar-refractivity contribution in [2.45, 2.75) is 25.8 Å². The number of hydrogen-bond donors (Lipinski definition) is 2. The van der Waals surface area contributed by atoms with Crippen molar-refractivity contribution in [1.82, 2.24) is 15.3 Å². The second-order valence-corrected chi connectivity index (χ2v) is 5.90. The number of aromatic amines is 1. The number of ether oxygens (including phenoxy) is 1. The highest BCUT2D eigenvalue weighted by Crippen LogP contribution is 2.19.